The number of fused-ring (bicyclic) bond motifs is 12. The van der Waals surface area contributed by atoms with E-state index in [1.165, 1.54) is 87.1 Å². The van der Waals surface area contributed by atoms with Gasteiger partial charge in [0.25, 0.3) is 0 Å². The summed E-state index contributed by atoms with van der Waals surface area (Å²) in [6.07, 6.45) is 0. The van der Waals surface area contributed by atoms with Crippen LogP contribution in [0.4, 0.5) is 0 Å². The lowest BCUT2D eigenvalue weighted by molar-refractivity contribution is 0.671. The Hall–Kier alpha value is -8.14. The van der Waals surface area contributed by atoms with Gasteiger partial charge in [-0.05, 0) is 80.2 Å². The third kappa shape index (κ3) is 4.37. The van der Waals surface area contributed by atoms with E-state index in [0.717, 1.165) is 44.3 Å². The molecule has 0 radical (unpaired) electrons. The number of benzene rings is 11. The summed E-state index contributed by atoms with van der Waals surface area (Å²) in [6.45, 7) is 0. The highest BCUT2D eigenvalue weighted by Gasteiger charge is 2.29. The van der Waals surface area contributed by atoms with Gasteiger partial charge >= 0.3 is 0 Å². The van der Waals surface area contributed by atoms with Gasteiger partial charge in [-0.3, -0.25) is 0 Å². The fraction of sp³-hybridized carbons (Fsp3) is 0. The lowest BCUT2D eigenvalue weighted by Gasteiger charge is -2.20. The van der Waals surface area contributed by atoms with Gasteiger partial charge in [0.05, 0.1) is 27.8 Å². The van der Waals surface area contributed by atoms with Crippen molar-refractivity contribution in [1.29, 1.82) is 0 Å². The van der Waals surface area contributed by atoms with Crippen LogP contribution in [-0.2, 0) is 0 Å². The van der Waals surface area contributed by atoms with Gasteiger partial charge < -0.3 is 13.6 Å². The van der Waals surface area contributed by atoms with Crippen LogP contribution in [0.5, 0.6) is 0 Å². The molecule has 0 unspecified atom stereocenters. The van der Waals surface area contributed by atoms with Crippen molar-refractivity contribution in [3.05, 3.63) is 206 Å². The number of para-hydroxylation sites is 4. The van der Waals surface area contributed by atoms with Crippen molar-refractivity contribution in [1.82, 2.24) is 9.13 Å². The molecule has 3 heteroatoms. The van der Waals surface area contributed by atoms with Crippen molar-refractivity contribution >= 4 is 97.9 Å². The average Bonchev–Trinajstić information content (AvgIpc) is 3.99. The first-order chi connectivity index (χ1) is 30.3. The number of rotatable bonds is 4. The minimum Gasteiger partial charge on any atom is -0.454 e. The van der Waals surface area contributed by atoms with Crippen LogP contribution in [0.2, 0.25) is 0 Å². The quantitative estimate of drug-likeness (QED) is 0.163. The van der Waals surface area contributed by atoms with Gasteiger partial charge in [0.2, 0.25) is 0 Å². The molecule has 11 aromatic carbocycles. The van der Waals surface area contributed by atoms with E-state index in [1.54, 1.807) is 0 Å². The van der Waals surface area contributed by atoms with Crippen LogP contribution in [0, 0.1) is 0 Å². The molecule has 0 bridgehead atoms. The van der Waals surface area contributed by atoms with Crippen LogP contribution < -0.4 is 0 Å². The van der Waals surface area contributed by atoms with E-state index in [0.29, 0.717) is 0 Å². The molecule has 0 spiro atoms. The van der Waals surface area contributed by atoms with Crippen molar-refractivity contribution in [3.8, 4) is 33.6 Å². The van der Waals surface area contributed by atoms with Crippen LogP contribution in [0.15, 0.2) is 211 Å². The fourth-order valence-corrected chi connectivity index (χ4v) is 10.8. The molecule has 14 rings (SSSR count). The molecule has 0 amide bonds. The van der Waals surface area contributed by atoms with E-state index < -0.39 is 0 Å². The molecule has 0 saturated carbocycles. The zero-order valence-corrected chi connectivity index (χ0v) is 32.9. The predicted octanol–water partition coefficient (Wildman–Crippen LogP) is 16.0. The van der Waals surface area contributed by atoms with Crippen molar-refractivity contribution in [2.75, 3.05) is 0 Å². The molecule has 0 N–H and O–H groups in total. The van der Waals surface area contributed by atoms with Gasteiger partial charge in [0.1, 0.15) is 5.58 Å². The van der Waals surface area contributed by atoms with Crippen LogP contribution in [-0.4, -0.2) is 9.13 Å². The Balaban J connectivity index is 1.25. The summed E-state index contributed by atoms with van der Waals surface area (Å²) < 4.78 is 12.2. The van der Waals surface area contributed by atoms with Gasteiger partial charge in [-0.1, -0.05) is 170 Å². The maximum atomic E-state index is 7.20. The zero-order valence-electron chi connectivity index (χ0n) is 32.9. The van der Waals surface area contributed by atoms with E-state index in [1.807, 2.05) is 0 Å². The number of hydrogen-bond donors (Lipinski definition) is 0. The van der Waals surface area contributed by atoms with Crippen molar-refractivity contribution < 1.29 is 4.42 Å². The van der Waals surface area contributed by atoms with Gasteiger partial charge in [0.15, 0.2) is 5.58 Å². The summed E-state index contributed by atoms with van der Waals surface area (Å²) >= 11 is 0. The molecule has 0 atom stereocenters. The Bertz CT molecular complexity index is 4080. The third-order valence-electron chi connectivity index (χ3n) is 13.2. The second kappa shape index (κ2) is 12.2. The number of furan rings is 1. The summed E-state index contributed by atoms with van der Waals surface area (Å²) in [4.78, 5) is 0. The standard InChI is InChI=1S/C58H34N2O/c1-4-16-35(17-5-1)39-30-28-37-29-31-41-46(36-18-6-2-7-19-36)34-49(44-33-32-40(39)51(37)52(41)44)60-48-26-14-11-23-43(48)55-56-53(54-45-24-12-15-27-50(45)61-58(54)57(55)60)42-22-10-13-25-47(42)59(56)38-20-8-3-9-21-38/h1-34H. The van der Waals surface area contributed by atoms with Crippen LogP contribution in [0.3, 0.4) is 0 Å². The van der Waals surface area contributed by atoms with Crippen molar-refractivity contribution in [2.24, 2.45) is 0 Å². The Morgan fingerprint density at radius 1 is 0.328 bits per heavy atom. The number of aromatic nitrogens is 2. The summed E-state index contributed by atoms with van der Waals surface area (Å²) in [5.74, 6) is 0. The predicted molar refractivity (Wildman–Crippen MR) is 257 cm³/mol. The van der Waals surface area contributed by atoms with E-state index in [2.05, 4.69) is 215 Å². The molecule has 0 aliphatic carbocycles. The van der Waals surface area contributed by atoms with Crippen molar-refractivity contribution in [3.63, 3.8) is 0 Å². The molecule has 61 heavy (non-hydrogen) atoms. The average molecular weight is 775 g/mol. The first kappa shape index (κ1) is 32.8. The first-order valence-electron chi connectivity index (χ1n) is 21.0. The van der Waals surface area contributed by atoms with E-state index in [-0.39, 0.29) is 0 Å². The van der Waals surface area contributed by atoms with E-state index in [9.17, 15) is 0 Å². The van der Waals surface area contributed by atoms with E-state index in [4.69, 9.17) is 4.42 Å². The van der Waals surface area contributed by atoms with Gasteiger partial charge in [-0.2, -0.15) is 0 Å². The molecule has 0 saturated heterocycles. The lowest BCUT2D eigenvalue weighted by Crippen LogP contribution is -1.99. The summed E-state index contributed by atoms with van der Waals surface area (Å²) in [5, 5.41) is 14.5. The normalized spacial score (nSPS) is 12.3. The minimum atomic E-state index is 0.883. The Labute approximate surface area is 349 Å². The van der Waals surface area contributed by atoms with Crippen LogP contribution in [0.25, 0.3) is 131 Å². The third-order valence-corrected chi connectivity index (χ3v) is 13.2. The molecular weight excluding hydrogens is 741 g/mol. The number of nitrogens with zero attached hydrogens (tertiary/aromatic N) is 2. The van der Waals surface area contributed by atoms with Crippen LogP contribution in [0.1, 0.15) is 0 Å². The molecule has 3 aromatic heterocycles. The molecule has 282 valence electrons. The van der Waals surface area contributed by atoms with Crippen LogP contribution >= 0.6 is 0 Å². The molecule has 0 aliphatic rings. The van der Waals surface area contributed by atoms with E-state index >= 15 is 0 Å². The maximum Gasteiger partial charge on any atom is 0.160 e. The topological polar surface area (TPSA) is 23.0 Å². The monoisotopic (exact) mass is 774 g/mol. The van der Waals surface area contributed by atoms with Gasteiger partial charge in [-0.15, -0.1) is 0 Å². The second-order valence-electron chi connectivity index (χ2n) is 16.3. The van der Waals surface area contributed by atoms with Gasteiger partial charge in [-0.25, -0.2) is 0 Å². The highest BCUT2D eigenvalue weighted by atomic mass is 16.3. The van der Waals surface area contributed by atoms with Gasteiger partial charge in [0, 0.05) is 48.8 Å². The first-order valence-corrected chi connectivity index (χ1v) is 21.0. The molecule has 0 aliphatic heterocycles. The summed E-state index contributed by atoms with van der Waals surface area (Å²) in [5.41, 5.74) is 13.4. The molecule has 3 heterocycles. The maximum absolute atomic E-state index is 7.20. The highest BCUT2D eigenvalue weighted by molar-refractivity contribution is 6.40. The number of hydrogen-bond acceptors (Lipinski definition) is 1. The molecular formula is C58H34N2O. The zero-order chi connectivity index (χ0) is 39.8. The molecule has 0 fully saturated rings. The van der Waals surface area contributed by atoms with Crippen molar-refractivity contribution in [2.45, 2.75) is 0 Å². The molecule has 3 nitrogen and oxygen atoms in total. The molecule has 14 aromatic rings. The fourth-order valence-electron chi connectivity index (χ4n) is 10.8. The second-order valence-corrected chi connectivity index (χ2v) is 16.3. The largest absolute Gasteiger partial charge is 0.454 e. The Kier molecular flexibility index (Phi) is 6.56. The summed E-state index contributed by atoms with van der Waals surface area (Å²) in [6, 6.07) is 75.3. The smallest absolute Gasteiger partial charge is 0.160 e. The summed E-state index contributed by atoms with van der Waals surface area (Å²) in [7, 11) is 0. The lowest BCUT2D eigenvalue weighted by atomic mass is 9.86. The highest BCUT2D eigenvalue weighted by Crippen LogP contribution is 2.51. The minimum absolute atomic E-state index is 0.883. The Morgan fingerprint density at radius 2 is 0.885 bits per heavy atom. The SMILES string of the molecule is c1ccc(-c2ccc3ccc4c(-c5ccccc5)cc(-n5c6ccccc6c6c5c5oc7ccccc7c5c5c7ccccc7n(-c7ccccc7)c56)c5ccc2c3c45)cc1. The Morgan fingerprint density at radius 3 is 1.64 bits per heavy atom.